The van der Waals surface area contributed by atoms with E-state index in [1.165, 1.54) is 29.9 Å². The van der Waals surface area contributed by atoms with Crippen LogP contribution >= 0.6 is 0 Å². The van der Waals surface area contributed by atoms with E-state index in [4.69, 9.17) is 13.9 Å². The van der Waals surface area contributed by atoms with Crippen LogP contribution in [-0.2, 0) is 6.54 Å². The number of nitro benzene ring substituents is 1. The molecule has 0 N–H and O–H groups in total. The lowest BCUT2D eigenvalue weighted by molar-refractivity contribution is -0.385. The van der Waals surface area contributed by atoms with Crippen LogP contribution in [0.3, 0.4) is 0 Å². The molecule has 0 unspecified atom stereocenters. The molecule has 3 rings (SSSR count). The molecule has 0 saturated heterocycles. The summed E-state index contributed by atoms with van der Waals surface area (Å²) < 4.78 is 17.3. The molecule has 1 aromatic heterocycles. The van der Waals surface area contributed by atoms with Crippen molar-refractivity contribution in [1.82, 2.24) is 4.57 Å². The first-order chi connectivity index (χ1) is 11.6. The maximum atomic E-state index is 11.9. The first-order valence-electron chi connectivity index (χ1n) is 7.14. The number of fused-ring (bicyclic) bond motifs is 1. The zero-order chi connectivity index (χ0) is 17.1. The maximum absolute atomic E-state index is 11.9. The van der Waals surface area contributed by atoms with Crippen molar-refractivity contribution in [1.29, 1.82) is 0 Å². The van der Waals surface area contributed by atoms with Crippen LogP contribution in [0.1, 0.15) is 0 Å². The molecule has 1 heterocycles. The molecule has 0 bridgehead atoms. The monoisotopic (exact) mass is 330 g/mol. The van der Waals surface area contributed by atoms with Crippen molar-refractivity contribution in [3.8, 4) is 11.5 Å². The second-order valence-corrected chi connectivity index (χ2v) is 4.93. The summed E-state index contributed by atoms with van der Waals surface area (Å²) in [7, 11) is 1.45. The summed E-state index contributed by atoms with van der Waals surface area (Å²) in [6.45, 7) is 0.364. The summed E-state index contributed by atoms with van der Waals surface area (Å²) in [5, 5.41) is 10.9. The number of non-ortho nitro benzene ring substituents is 1. The molecule has 0 fully saturated rings. The highest BCUT2D eigenvalue weighted by Gasteiger charge is 2.13. The number of hydrogen-bond acceptors (Lipinski definition) is 6. The molecule has 0 aliphatic heterocycles. The first kappa shape index (κ1) is 15.6. The zero-order valence-electron chi connectivity index (χ0n) is 12.8. The van der Waals surface area contributed by atoms with Gasteiger partial charge in [0.1, 0.15) is 6.61 Å². The Labute approximate surface area is 136 Å². The van der Waals surface area contributed by atoms with Gasteiger partial charge in [0, 0.05) is 6.07 Å². The van der Waals surface area contributed by atoms with Crippen molar-refractivity contribution in [2.75, 3.05) is 13.7 Å². The SMILES string of the molecule is COc1ccc([N+](=O)[O-])cc1OCCn1c(=O)oc2ccccc21. The minimum Gasteiger partial charge on any atom is -0.493 e. The Kier molecular flexibility index (Phi) is 4.19. The van der Waals surface area contributed by atoms with E-state index in [0.717, 1.165) is 0 Å². The Morgan fingerprint density at radius 1 is 1.21 bits per heavy atom. The number of oxazole rings is 1. The zero-order valence-corrected chi connectivity index (χ0v) is 12.8. The minimum absolute atomic E-state index is 0.100. The molecule has 8 nitrogen and oxygen atoms in total. The summed E-state index contributed by atoms with van der Waals surface area (Å²) in [6.07, 6.45) is 0. The molecule has 124 valence electrons. The molecule has 2 aromatic carbocycles. The largest absolute Gasteiger partial charge is 0.493 e. The summed E-state index contributed by atoms with van der Waals surface area (Å²) in [5.74, 6) is 0.142. The minimum atomic E-state index is -0.514. The second-order valence-electron chi connectivity index (χ2n) is 4.93. The van der Waals surface area contributed by atoms with E-state index in [-0.39, 0.29) is 24.6 Å². The molecule has 3 aromatic rings. The van der Waals surface area contributed by atoms with Crippen molar-refractivity contribution >= 4 is 16.8 Å². The van der Waals surface area contributed by atoms with Gasteiger partial charge in [-0.05, 0) is 18.2 Å². The lowest BCUT2D eigenvalue weighted by Crippen LogP contribution is -2.18. The number of methoxy groups -OCH3 is 1. The van der Waals surface area contributed by atoms with Crippen LogP contribution < -0.4 is 15.2 Å². The highest BCUT2D eigenvalue weighted by molar-refractivity contribution is 5.72. The van der Waals surface area contributed by atoms with Crippen LogP contribution in [0.15, 0.2) is 51.7 Å². The summed E-state index contributed by atoms with van der Waals surface area (Å²) in [4.78, 5) is 22.2. The number of nitrogens with zero attached hydrogens (tertiary/aromatic N) is 2. The third-order valence-electron chi connectivity index (χ3n) is 3.50. The first-order valence-corrected chi connectivity index (χ1v) is 7.14. The molecule has 0 aliphatic carbocycles. The smallest absolute Gasteiger partial charge is 0.420 e. The van der Waals surface area contributed by atoms with Gasteiger partial charge in [-0.1, -0.05) is 12.1 Å². The van der Waals surface area contributed by atoms with Gasteiger partial charge in [0.25, 0.3) is 5.69 Å². The van der Waals surface area contributed by atoms with Gasteiger partial charge in [-0.2, -0.15) is 0 Å². The lowest BCUT2D eigenvalue weighted by Gasteiger charge is -2.10. The Balaban J connectivity index is 1.78. The third-order valence-corrected chi connectivity index (χ3v) is 3.50. The van der Waals surface area contributed by atoms with E-state index in [0.29, 0.717) is 16.8 Å². The van der Waals surface area contributed by atoms with Gasteiger partial charge in [0.05, 0.1) is 30.2 Å². The van der Waals surface area contributed by atoms with Crippen molar-refractivity contribution < 1.29 is 18.8 Å². The Hall–Kier alpha value is -3.29. The fourth-order valence-electron chi connectivity index (χ4n) is 2.36. The van der Waals surface area contributed by atoms with Crippen LogP contribution in [0, 0.1) is 10.1 Å². The Morgan fingerprint density at radius 2 is 2.00 bits per heavy atom. The van der Waals surface area contributed by atoms with Gasteiger partial charge >= 0.3 is 5.76 Å². The van der Waals surface area contributed by atoms with E-state index in [1.54, 1.807) is 24.3 Å². The van der Waals surface area contributed by atoms with E-state index < -0.39 is 10.7 Å². The van der Waals surface area contributed by atoms with E-state index in [1.807, 2.05) is 0 Å². The van der Waals surface area contributed by atoms with E-state index in [2.05, 4.69) is 0 Å². The molecular formula is C16H14N2O6. The van der Waals surface area contributed by atoms with Crippen molar-refractivity contribution in [2.45, 2.75) is 6.54 Å². The fourth-order valence-corrected chi connectivity index (χ4v) is 2.36. The summed E-state index contributed by atoms with van der Waals surface area (Å²) >= 11 is 0. The van der Waals surface area contributed by atoms with E-state index >= 15 is 0 Å². The lowest BCUT2D eigenvalue weighted by atomic mass is 10.3. The van der Waals surface area contributed by atoms with Gasteiger partial charge < -0.3 is 13.9 Å². The van der Waals surface area contributed by atoms with Crippen molar-refractivity contribution in [3.63, 3.8) is 0 Å². The van der Waals surface area contributed by atoms with Gasteiger partial charge in [-0.3, -0.25) is 14.7 Å². The molecule has 8 heteroatoms. The molecule has 0 saturated carbocycles. The molecule has 0 radical (unpaired) electrons. The average molecular weight is 330 g/mol. The number of rotatable bonds is 6. The normalized spacial score (nSPS) is 10.7. The highest BCUT2D eigenvalue weighted by atomic mass is 16.6. The summed E-state index contributed by atoms with van der Waals surface area (Å²) in [5.41, 5.74) is 1.06. The van der Waals surface area contributed by atoms with Crippen molar-refractivity contribution in [3.05, 3.63) is 63.1 Å². The quantitative estimate of drug-likeness (QED) is 0.509. The average Bonchev–Trinajstić information content (AvgIpc) is 2.90. The van der Waals surface area contributed by atoms with Crippen LogP contribution in [0.4, 0.5) is 5.69 Å². The van der Waals surface area contributed by atoms with Crippen LogP contribution in [0.25, 0.3) is 11.1 Å². The number of hydrogen-bond donors (Lipinski definition) is 0. The van der Waals surface area contributed by atoms with Gasteiger partial charge in [0.2, 0.25) is 0 Å². The van der Waals surface area contributed by atoms with Crippen LogP contribution in [0.2, 0.25) is 0 Å². The molecule has 0 spiro atoms. The number of nitro groups is 1. The number of benzene rings is 2. The Bertz CT molecular complexity index is 943. The molecule has 0 amide bonds. The predicted octanol–water partition coefficient (Wildman–Crippen LogP) is 2.59. The van der Waals surface area contributed by atoms with E-state index in [9.17, 15) is 14.9 Å². The van der Waals surface area contributed by atoms with Gasteiger partial charge in [-0.25, -0.2) is 4.79 Å². The molecule has 0 atom stereocenters. The number of para-hydroxylation sites is 2. The van der Waals surface area contributed by atoms with Gasteiger partial charge in [-0.15, -0.1) is 0 Å². The molecule has 24 heavy (non-hydrogen) atoms. The van der Waals surface area contributed by atoms with Crippen LogP contribution in [-0.4, -0.2) is 23.2 Å². The Morgan fingerprint density at radius 3 is 2.75 bits per heavy atom. The third kappa shape index (κ3) is 2.94. The highest BCUT2D eigenvalue weighted by Crippen LogP contribution is 2.31. The maximum Gasteiger partial charge on any atom is 0.420 e. The standard InChI is InChI=1S/C16H14N2O6/c1-22-14-7-6-11(18(20)21)10-15(14)23-9-8-17-12-4-2-3-5-13(12)24-16(17)19/h2-7,10H,8-9H2,1H3. The molecule has 0 aliphatic rings. The topological polar surface area (TPSA) is 96.7 Å². The predicted molar refractivity (Wildman–Crippen MR) is 85.6 cm³/mol. The van der Waals surface area contributed by atoms with Gasteiger partial charge in [0.15, 0.2) is 17.1 Å². The summed E-state index contributed by atoms with van der Waals surface area (Å²) in [6, 6.07) is 11.1. The molecular weight excluding hydrogens is 316 g/mol. The number of ether oxygens (including phenoxy) is 2. The van der Waals surface area contributed by atoms with Crippen LogP contribution in [0.5, 0.6) is 11.5 Å². The van der Waals surface area contributed by atoms with Crippen molar-refractivity contribution in [2.24, 2.45) is 0 Å². The fraction of sp³-hybridized carbons (Fsp3) is 0.188. The second kappa shape index (κ2) is 6.45. The number of aromatic nitrogens is 1.